The zero-order valence-electron chi connectivity index (χ0n) is 8.13. The van der Waals surface area contributed by atoms with Crippen LogP contribution in [0.15, 0.2) is 42.7 Å². The van der Waals surface area contributed by atoms with Crippen LogP contribution < -0.4 is 0 Å². The Hall–Kier alpha value is -2.30. The van der Waals surface area contributed by atoms with Crippen LogP contribution in [0.3, 0.4) is 0 Å². The van der Waals surface area contributed by atoms with Gasteiger partial charge in [-0.15, -0.1) is 0 Å². The van der Waals surface area contributed by atoms with Gasteiger partial charge in [0.1, 0.15) is 12.0 Å². The molecule has 1 heterocycles. The summed E-state index contributed by atoms with van der Waals surface area (Å²) in [4.78, 5) is 13.8. The van der Waals surface area contributed by atoms with E-state index in [2.05, 4.69) is 4.98 Å². The predicted molar refractivity (Wildman–Crippen MR) is 56.3 cm³/mol. The Morgan fingerprint density at radius 2 is 1.94 bits per heavy atom. The van der Waals surface area contributed by atoms with Crippen LogP contribution in [0.1, 0.15) is 0 Å². The van der Waals surface area contributed by atoms with Gasteiger partial charge in [0.15, 0.2) is 0 Å². The van der Waals surface area contributed by atoms with Gasteiger partial charge in [0, 0.05) is 11.8 Å². The summed E-state index contributed by atoms with van der Waals surface area (Å²) in [7, 11) is 0. The van der Waals surface area contributed by atoms with Gasteiger partial charge in [-0.3, -0.25) is 15.1 Å². The molecule has 2 rings (SSSR count). The summed E-state index contributed by atoms with van der Waals surface area (Å²) in [6.07, 6.45) is 2.51. The van der Waals surface area contributed by atoms with Gasteiger partial charge in [0.2, 0.25) is 0 Å². The number of benzene rings is 1. The van der Waals surface area contributed by atoms with Crippen LogP contribution >= 0.6 is 0 Å². The lowest BCUT2D eigenvalue weighted by molar-refractivity contribution is -0.384. The van der Waals surface area contributed by atoms with Gasteiger partial charge in [0.25, 0.3) is 5.69 Å². The second kappa shape index (κ2) is 4.06. The van der Waals surface area contributed by atoms with Crippen molar-refractivity contribution < 1.29 is 9.31 Å². The normalized spacial score (nSPS) is 10.1. The molecule has 0 spiro atoms. The number of aromatic nitrogens is 1. The standard InChI is InChI=1S/C11H7FN2O2/c12-10-4-2-1-3-8(10)9-5-6-13-7-11(9)14(15)16/h1-7H. The SMILES string of the molecule is O=[N+]([O-])c1cnccc1-c1ccccc1F. The molecule has 0 aliphatic heterocycles. The molecule has 0 atom stereocenters. The van der Waals surface area contributed by atoms with E-state index in [0.717, 1.165) is 6.20 Å². The Morgan fingerprint density at radius 3 is 2.62 bits per heavy atom. The van der Waals surface area contributed by atoms with Crippen molar-refractivity contribution in [2.75, 3.05) is 0 Å². The molecule has 0 saturated heterocycles. The first-order valence-electron chi connectivity index (χ1n) is 4.53. The molecular weight excluding hydrogens is 211 g/mol. The maximum atomic E-state index is 13.5. The highest BCUT2D eigenvalue weighted by Gasteiger charge is 2.17. The molecule has 2 aromatic rings. The summed E-state index contributed by atoms with van der Waals surface area (Å²) < 4.78 is 13.5. The highest BCUT2D eigenvalue weighted by atomic mass is 19.1. The number of hydrogen-bond donors (Lipinski definition) is 0. The Kier molecular flexibility index (Phi) is 2.59. The van der Waals surface area contributed by atoms with Crippen molar-refractivity contribution in [1.29, 1.82) is 0 Å². The molecule has 0 amide bonds. The minimum absolute atomic E-state index is 0.201. The van der Waals surface area contributed by atoms with Crippen LogP contribution in [0, 0.1) is 15.9 Å². The van der Waals surface area contributed by atoms with Gasteiger partial charge in [-0.05, 0) is 12.1 Å². The van der Waals surface area contributed by atoms with E-state index in [1.54, 1.807) is 6.07 Å². The fraction of sp³-hybridized carbons (Fsp3) is 0. The lowest BCUT2D eigenvalue weighted by Gasteiger charge is -2.03. The largest absolute Gasteiger partial charge is 0.295 e. The van der Waals surface area contributed by atoms with Crippen LogP contribution in [0.5, 0.6) is 0 Å². The van der Waals surface area contributed by atoms with Gasteiger partial charge in [-0.1, -0.05) is 18.2 Å². The Balaban J connectivity index is 2.65. The highest BCUT2D eigenvalue weighted by Crippen LogP contribution is 2.30. The molecule has 5 heteroatoms. The van der Waals surface area contributed by atoms with Crippen LogP contribution in [-0.2, 0) is 0 Å². The van der Waals surface area contributed by atoms with E-state index in [0.29, 0.717) is 0 Å². The molecule has 0 bridgehead atoms. The molecule has 80 valence electrons. The first-order valence-corrected chi connectivity index (χ1v) is 4.53. The second-order valence-corrected chi connectivity index (χ2v) is 3.13. The van der Waals surface area contributed by atoms with E-state index < -0.39 is 10.7 Å². The van der Waals surface area contributed by atoms with Crippen molar-refractivity contribution in [1.82, 2.24) is 4.98 Å². The van der Waals surface area contributed by atoms with Crippen molar-refractivity contribution in [2.24, 2.45) is 0 Å². The molecule has 16 heavy (non-hydrogen) atoms. The monoisotopic (exact) mass is 218 g/mol. The smallest absolute Gasteiger partial charge is 0.258 e. The van der Waals surface area contributed by atoms with Crippen molar-refractivity contribution in [2.45, 2.75) is 0 Å². The van der Waals surface area contributed by atoms with E-state index in [4.69, 9.17) is 0 Å². The minimum Gasteiger partial charge on any atom is -0.258 e. The van der Waals surface area contributed by atoms with E-state index in [-0.39, 0.29) is 16.8 Å². The summed E-state index contributed by atoms with van der Waals surface area (Å²) in [6, 6.07) is 7.35. The molecule has 4 nitrogen and oxygen atoms in total. The first-order chi connectivity index (χ1) is 7.70. The lowest BCUT2D eigenvalue weighted by atomic mass is 10.1. The number of halogens is 1. The van der Waals surface area contributed by atoms with Crippen LogP contribution in [0.4, 0.5) is 10.1 Å². The molecule has 0 saturated carbocycles. The van der Waals surface area contributed by atoms with Crippen molar-refractivity contribution in [3.05, 3.63) is 58.7 Å². The maximum absolute atomic E-state index is 13.5. The summed E-state index contributed by atoms with van der Waals surface area (Å²) in [5.41, 5.74) is 0.238. The van der Waals surface area contributed by atoms with E-state index in [1.165, 1.54) is 30.5 Å². The molecular formula is C11H7FN2O2. The number of pyridine rings is 1. The fourth-order valence-electron chi connectivity index (χ4n) is 1.44. The summed E-state index contributed by atoms with van der Waals surface area (Å²) >= 11 is 0. The van der Waals surface area contributed by atoms with Gasteiger partial charge < -0.3 is 0 Å². The van der Waals surface area contributed by atoms with Crippen molar-refractivity contribution in [3.8, 4) is 11.1 Å². The van der Waals surface area contributed by atoms with E-state index in [1.807, 2.05) is 0 Å². The number of nitro groups is 1. The lowest BCUT2D eigenvalue weighted by Crippen LogP contribution is -1.94. The van der Waals surface area contributed by atoms with Gasteiger partial charge >= 0.3 is 0 Å². The third kappa shape index (κ3) is 1.75. The van der Waals surface area contributed by atoms with Crippen LogP contribution in [0.25, 0.3) is 11.1 Å². The topological polar surface area (TPSA) is 56.0 Å². The van der Waals surface area contributed by atoms with E-state index >= 15 is 0 Å². The molecule has 0 aliphatic rings. The summed E-state index contributed by atoms with van der Waals surface area (Å²) in [5, 5.41) is 10.7. The Bertz CT molecular complexity index is 543. The molecule has 0 fully saturated rings. The fourth-order valence-corrected chi connectivity index (χ4v) is 1.44. The quantitative estimate of drug-likeness (QED) is 0.575. The summed E-state index contributed by atoms with van der Waals surface area (Å²) in [5.74, 6) is -0.489. The van der Waals surface area contributed by atoms with Gasteiger partial charge in [-0.2, -0.15) is 0 Å². The minimum atomic E-state index is -0.575. The number of nitrogens with zero attached hydrogens (tertiary/aromatic N) is 2. The van der Waals surface area contributed by atoms with Gasteiger partial charge in [0.05, 0.1) is 10.5 Å². The second-order valence-electron chi connectivity index (χ2n) is 3.13. The number of hydrogen-bond acceptors (Lipinski definition) is 3. The molecule has 1 aromatic carbocycles. The zero-order valence-corrected chi connectivity index (χ0v) is 8.13. The molecule has 0 radical (unpaired) electrons. The molecule has 0 N–H and O–H groups in total. The molecule has 0 unspecified atom stereocenters. The Labute approximate surface area is 90.5 Å². The molecule has 1 aromatic heterocycles. The van der Waals surface area contributed by atoms with Crippen molar-refractivity contribution in [3.63, 3.8) is 0 Å². The van der Waals surface area contributed by atoms with Crippen LogP contribution in [-0.4, -0.2) is 9.91 Å². The number of rotatable bonds is 2. The maximum Gasteiger partial charge on any atom is 0.295 e. The van der Waals surface area contributed by atoms with Crippen molar-refractivity contribution >= 4 is 5.69 Å². The predicted octanol–water partition coefficient (Wildman–Crippen LogP) is 2.80. The zero-order chi connectivity index (χ0) is 11.5. The van der Waals surface area contributed by atoms with E-state index in [9.17, 15) is 14.5 Å². The highest BCUT2D eigenvalue weighted by molar-refractivity contribution is 5.72. The molecule has 0 aliphatic carbocycles. The van der Waals surface area contributed by atoms with Crippen LogP contribution in [0.2, 0.25) is 0 Å². The third-order valence-electron chi connectivity index (χ3n) is 2.16. The first kappa shape index (κ1) is 10.2. The summed E-state index contributed by atoms with van der Waals surface area (Å²) in [6.45, 7) is 0. The van der Waals surface area contributed by atoms with Gasteiger partial charge in [-0.25, -0.2) is 4.39 Å². The third-order valence-corrected chi connectivity index (χ3v) is 2.16. The average Bonchev–Trinajstić information content (AvgIpc) is 2.29. The average molecular weight is 218 g/mol. The Morgan fingerprint density at radius 1 is 1.19 bits per heavy atom.